The molecule has 1 heterocycles. The monoisotopic (exact) mass is 285 g/mol. The summed E-state index contributed by atoms with van der Waals surface area (Å²) in [4.78, 5) is 0. The van der Waals surface area contributed by atoms with Gasteiger partial charge in [-0.05, 0) is 42.3 Å². The molecule has 3 rings (SSSR count). The molecule has 2 aromatic carbocycles. The Kier molecular flexibility index (Phi) is 3.55. The Hall–Kier alpha value is -2.45. The zero-order valence-corrected chi connectivity index (χ0v) is 11.2. The molecule has 0 unspecified atom stereocenters. The van der Waals surface area contributed by atoms with Gasteiger partial charge in [-0.15, -0.1) is 0 Å². The van der Waals surface area contributed by atoms with Gasteiger partial charge in [-0.2, -0.15) is 5.26 Å². The van der Waals surface area contributed by atoms with Crippen LogP contribution < -0.4 is 10.6 Å². The van der Waals surface area contributed by atoms with Crippen LogP contribution in [-0.4, -0.2) is 6.54 Å². The van der Waals surface area contributed by atoms with E-state index in [0.29, 0.717) is 5.69 Å². The lowest BCUT2D eigenvalue weighted by Gasteiger charge is -2.21. The maximum Gasteiger partial charge on any atom is 0.150 e. The highest BCUT2D eigenvalue weighted by atomic mass is 19.1. The first-order chi connectivity index (χ1) is 10.2. The van der Waals surface area contributed by atoms with Gasteiger partial charge in [0, 0.05) is 12.2 Å². The number of hydrogen-bond donors (Lipinski definition) is 2. The summed E-state index contributed by atoms with van der Waals surface area (Å²) in [6.45, 7) is 1.59. The van der Waals surface area contributed by atoms with Crippen LogP contribution in [0.5, 0.6) is 0 Å². The topological polar surface area (TPSA) is 47.9 Å². The molecule has 2 N–H and O–H groups in total. The molecule has 3 nitrogen and oxygen atoms in total. The summed E-state index contributed by atoms with van der Waals surface area (Å²) < 4.78 is 27.9. The second-order valence-electron chi connectivity index (χ2n) is 4.92. The van der Waals surface area contributed by atoms with E-state index in [0.717, 1.165) is 42.8 Å². The van der Waals surface area contributed by atoms with Gasteiger partial charge in [0.05, 0.1) is 11.6 Å². The Balaban J connectivity index is 2.00. The Labute approximate surface area is 121 Å². The van der Waals surface area contributed by atoms with Crippen molar-refractivity contribution >= 4 is 11.4 Å². The number of hydrogen-bond acceptors (Lipinski definition) is 3. The molecule has 0 aromatic heterocycles. The van der Waals surface area contributed by atoms with E-state index in [1.165, 1.54) is 0 Å². The van der Waals surface area contributed by atoms with Crippen LogP contribution in [0, 0.1) is 23.0 Å². The van der Waals surface area contributed by atoms with Crippen molar-refractivity contribution in [2.24, 2.45) is 0 Å². The van der Waals surface area contributed by atoms with Crippen molar-refractivity contribution in [3.63, 3.8) is 0 Å². The molecule has 5 heteroatoms. The molecular formula is C16H13F2N3. The summed E-state index contributed by atoms with van der Waals surface area (Å²) >= 11 is 0. The maximum absolute atomic E-state index is 13.9. The highest BCUT2D eigenvalue weighted by Gasteiger charge is 2.16. The van der Waals surface area contributed by atoms with Crippen LogP contribution >= 0.6 is 0 Å². The van der Waals surface area contributed by atoms with E-state index in [-0.39, 0.29) is 11.3 Å². The first-order valence-corrected chi connectivity index (χ1v) is 6.66. The molecule has 21 heavy (non-hydrogen) atoms. The van der Waals surface area contributed by atoms with Gasteiger partial charge in [0.2, 0.25) is 0 Å². The molecule has 0 spiro atoms. The Morgan fingerprint density at radius 3 is 2.67 bits per heavy atom. The van der Waals surface area contributed by atoms with Crippen molar-refractivity contribution in [2.75, 3.05) is 11.9 Å². The second kappa shape index (κ2) is 5.51. The summed E-state index contributed by atoms with van der Waals surface area (Å²) in [6, 6.07) is 9.45. The molecular weight excluding hydrogens is 272 g/mol. The highest BCUT2D eigenvalue weighted by Crippen LogP contribution is 2.29. The van der Waals surface area contributed by atoms with Crippen molar-refractivity contribution in [2.45, 2.75) is 13.0 Å². The van der Waals surface area contributed by atoms with Gasteiger partial charge < -0.3 is 10.6 Å². The number of anilines is 2. The summed E-state index contributed by atoms with van der Waals surface area (Å²) in [5.41, 5.74) is 2.65. The van der Waals surface area contributed by atoms with E-state index >= 15 is 0 Å². The van der Waals surface area contributed by atoms with Gasteiger partial charge >= 0.3 is 0 Å². The van der Waals surface area contributed by atoms with Crippen molar-refractivity contribution < 1.29 is 8.78 Å². The van der Waals surface area contributed by atoms with E-state index in [1.807, 2.05) is 12.1 Å². The van der Waals surface area contributed by atoms with Gasteiger partial charge in [0.25, 0.3) is 0 Å². The van der Waals surface area contributed by atoms with Crippen molar-refractivity contribution in [1.82, 2.24) is 5.32 Å². The molecule has 0 saturated heterocycles. The van der Waals surface area contributed by atoms with Crippen molar-refractivity contribution in [3.05, 3.63) is 58.7 Å². The average Bonchev–Trinajstić information content (AvgIpc) is 2.50. The normalized spacial score (nSPS) is 13.4. The van der Waals surface area contributed by atoms with Crippen LogP contribution in [0.25, 0.3) is 0 Å². The second-order valence-corrected chi connectivity index (χ2v) is 4.92. The van der Waals surface area contributed by atoms with Crippen LogP contribution in [0.2, 0.25) is 0 Å². The predicted octanol–water partition coefficient (Wildman–Crippen LogP) is 3.23. The fraction of sp³-hybridized carbons (Fsp3) is 0.188. The van der Waals surface area contributed by atoms with E-state index in [4.69, 9.17) is 5.26 Å². The zero-order valence-electron chi connectivity index (χ0n) is 11.2. The molecule has 1 aliphatic heterocycles. The highest BCUT2D eigenvalue weighted by molar-refractivity contribution is 5.66. The zero-order chi connectivity index (χ0) is 14.8. The van der Waals surface area contributed by atoms with Crippen LogP contribution in [0.15, 0.2) is 30.3 Å². The van der Waals surface area contributed by atoms with Gasteiger partial charge in [0.1, 0.15) is 5.69 Å². The molecule has 0 saturated carbocycles. The molecule has 0 atom stereocenters. The fourth-order valence-corrected chi connectivity index (χ4v) is 2.54. The van der Waals surface area contributed by atoms with Crippen molar-refractivity contribution in [3.8, 4) is 6.07 Å². The number of nitrogens with one attached hydrogen (secondary N) is 2. The third kappa shape index (κ3) is 2.58. The Bertz CT molecular complexity index is 712. The molecule has 0 amide bonds. The minimum absolute atomic E-state index is 0.0326. The summed E-state index contributed by atoms with van der Waals surface area (Å²) in [6.07, 6.45) is 0.804. The largest absolute Gasteiger partial charge is 0.350 e. The van der Waals surface area contributed by atoms with Crippen LogP contribution in [0.3, 0.4) is 0 Å². The number of nitrogens with zero attached hydrogens (tertiary/aromatic N) is 1. The maximum atomic E-state index is 13.9. The minimum Gasteiger partial charge on any atom is -0.350 e. The predicted molar refractivity (Wildman–Crippen MR) is 76.2 cm³/mol. The van der Waals surface area contributed by atoms with Gasteiger partial charge in [0.15, 0.2) is 11.6 Å². The van der Waals surface area contributed by atoms with Crippen LogP contribution in [-0.2, 0) is 13.0 Å². The fourth-order valence-electron chi connectivity index (χ4n) is 2.54. The molecule has 0 aliphatic carbocycles. The molecule has 0 fully saturated rings. The lowest BCUT2D eigenvalue weighted by molar-refractivity contribution is 0.589. The van der Waals surface area contributed by atoms with E-state index in [9.17, 15) is 8.78 Å². The number of fused-ring (bicyclic) bond motifs is 1. The van der Waals surface area contributed by atoms with E-state index in [1.54, 1.807) is 12.1 Å². The quantitative estimate of drug-likeness (QED) is 0.890. The minimum atomic E-state index is -0.766. The number of nitriles is 1. The number of benzene rings is 2. The number of halogens is 2. The van der Waals surface area contributed by atoms with Crippen LogP contribution in [0.4, 0.5) is 20.2 Å². The average molecular weight is 285 g/mol. The van der Waals surface area contributed by atoms with Gasteiger partial charge in [-0.25, -0.2) is 8.78 Å². The first kappa shape index (κ1) is 13.5. The summed E-state index contributed by atoms with van der Waals surface area (Å²) in [5, 5.41) is 14.8. The van der Waals surface area contributed by atoms with Gasteiger partial charge in [-0.1, -0.05) is 12.1 Å². The standard InChI is InChI=1S/C16H13F2N3/c17-13-6-10(8-19)7-14(18)16(13)21-15-3-1-2-11-9-20-5-4-12(11)15/h1-3,6-7,20-21H,4-5,9H2. The Morgan fingerprint density at radius 1 is 1.19 bits per heavy atom. The molecule has 106 valence electrons. The Morgan fingerprint density at radius 2 is 1.95 bits per heavy atom. The first-order valence-electron chi connectivity index (χ1n) is 6.66. The smallest absolute Gasteiger partial charge is 0.150 e. The lowest BCUT2D eigenvalue weighted by atomic mass is 9.99. The van der Waals surface area contributed by atoms with E-state index in [2.05, 4.69) is 10.6 Å². The SMILES string of the molecule is N#Cc1cc(F)c(Nc2cccc3c2CCNC3)c(F)c1. The molecule has 0 radical (unpaired) electrons. The number of rotatable bonds is 2. The molecule has 2 aromatic rings. The third-order valence-electron chi connectivity index (χ3n) is 3.57. The summed E-state index contributed by atoms with van der Waals surface area (Å²) in [5.74, 6) is -1.53. The van der Waals surface area contributed by atoms with Gasteiger partial charge in [-0.3, -0.25) is 0 Å². The lowest BCUT2D eigenvalue weighted by Crippen LogP contribution is -2.24. The van der Waals surface area contributed by atoms with E-state index < -0.39 is 11.6 Å². The van der Waals surface area contributed by atoms with Crippen molar-refractivity contribution in [1.29, 1.82) is 5.26 Å². The summed E-state index contributed by atoms with van der Waals surface area (Å²) in [7, 11) is 0. The van der Waals surface area contributed by atoms with Crippen LogP contribution in [0.1, 0.15) is 16.7 Å². The third-order valence-corrected chi connectivity index (χ3v) is 3.57. The molecule has 1 aliphatic rings. The molecule has 0 bridgehead atoms.